The van der Waals surface area contributed by atoms with E-state index in [1.54, 1.807) is 11.3 Å². The topological polar surface area (TPSA) is 3.88 Å². The van der Waals surface area contributed by atoms with Crippen molar-refractivity contribution in [2.75, 3.05) is 0 Å². The minimum Gasteiger partial charge on any atom is -1.00 e. The quantitative estimate of drug-likeness (QED) is 0.375. The summed E-state index contributed by atoms with van der Waals surface area (Å²) in [5.41, 5.74) is 2.21. The zero-order valence-electron chi connectivity index (χ0n) is 13.2. The molecule has 20 heavy (non-hydrogen) atoms. The molecule has 0 saturated carbocycles. The first kappa shape index (κ1) is 20.1. The second-order valence-corrected chi connectivity index (χ2v) is 6.41. The molecule has 0 aliphatic rings. The van der Waals surface area contributed by atoms with Crippen LogP contribution in [0.3, 0.4) is 0 Å². The van der Waals surface area contributed by atoms with E-state index in [-0.39, 0.29) is 17.0 Å². The van der Waals surface area contributed by atoms with Crippen LogP contribution < -0.4 is 21.5 Å². The lowest BCUT2D eigenvalue weighted by molar-refractivity contribution is -0.692. The van der Waals surface area contributed by atoms with Crippen molar-refractivity contribution in [1.29, 1.82) is 0 Å². The van der Waals surface area contributed by atoms with Crippen molar-refractivity contribution in [3.8, 4) is 0 Å². The molecule has 0 radical (unpaired) electrons. The highest BCUT2D eigenvalue weighted by Crippen LogP contribution is 2.11. The number of aromatic nitrogens is 1. The fourth-order valence-corrected chi connectivity index (χ4v) is 3.15. The third kappa shape index (κ3) is 11.9. The summed E-state index contributed by atoms with van der Waals surface area (Å²) in [5, 5.41) is 2.15. The van der Waals surface area contributed by atoms with Crippen molar-refractivity contribution >= 4 is 11.3 Å². The van der Waals surface area contributed by atoms with Crippen molar-refractivity contribution < 1.29 is 21.5 Å². The number of aryl methyl sites for hydroxylation is 1. The summed E-state index contributed by atoms with van der Waals surface area (Å²) in [6.45, 7) is 3.50. The van der Waals surface area contributed by atoms with Crippen LogP contribution in [-0.4, -0.2) is 0 Å². The molecule has 0 N–H and O–H groups in total. The molecule has 1 aromatic heterocycles. The number of unbranched alkanes of at least 4 members (excludes halogenated alkanes) is 11. The van der Waals surface area contributed by atoms with Gasteiger partial charge < -0.3 is 17.0 Å². The normalized spacial score (nSPS) is 10.4. The molecule has 1 aromatic rings. The van der Waals surface area contributed by atoms with Crippen molar-refractivity contribution in [2.24, 2.45) is 0 Å². The second kappa shape index (κ2) is 15.5. The van der Waals surface area contributed by atoms with E-state index < -0.39 is 0 Å². The van der Waals surface area contributed by atoms with Gasteiger partial charge in [0.1, 0.15) is 6.54 Å². The molecule has 0 unspecified atom stereocenters. The van der Waals surface area contributed by atoms with Crippen molar-refractivity contribution in [3.05, 3.63) is 17.1 Å². The maximum absolute atomic E-state index is 2.31. The van der Waals surface area contributed by atoms with E-state index in [1.807, 2.05) is 0 Å². The van der Waals surface area contributed by atoms with Gasteiger partial charge in [0.25, 0.3) is 0 Å². The van der Waals surface area contributed by atoms with Crippen molar-refractivity contribution in [2.45, 2.75) is 90.5 Å². The van der Waals surface area contributed by atoms with Crippen molar-refractivity contribution in [3.63, 3.8) is 0 Å². The van der Waals surface area contributed by atoms with Gasteiger partial charge in [0.05, 0.1) is 5.38 Å². The van der Waals surface area contributed by atoms with E-state index in [0.717, 1.165) is 0 Å². The molecule has 1 rings (SSSR count). The fraction of sp³-hybridized carbons (Fsp3) is 0.824. The Labute approximate surface area is 140 Å². The largest absolute Gasteiger partial charge is 1.00 e. The number of thiazole rings is 1. The van der Waals surface area contributed by atoms with Crippen LogP contribution in [0, 0.1) is 0 Å². The maximum Gasteiger partial charge on any atom is 0.224 e. The molecule has 1 heterocycles. The summed E-state index contributed by atoms with van der Waals surface area (Å²) < 4.78 is 2.31. The van der Waals surface area contributed by atoms with E-state index in [0.29, 0.717) is 0 Å². The molecule has 0 saturated heterocycles. The Morgan fingerprint density at radius 2 is 1.25 bits per heavy atom. The highest BCUT2D eigenvalue weighted by molar-refractivity contribution is 7.07. The molecular weight excluding hydrogens is 330 g/mol. The van der Waals surface area contributed by atoms with E-state index in [9.17, 15) is 0 Å². The van der Waals surface area contributed by atoms with Crippen LogP contribution >= 0.6 is 11.3 Å². The first-order chi connectivity index (χ1) is 9.43. The summed E-state index contributed by atoms with van der Waals surface area (Å²) in [5.74, 6) is 0. The van der Waals surface area contributed by atoms with Crippen LogP contribution in [0.2, 0.25) is 0 Å². The molecule has 0 aliphatic carbocycles. The lowest BCUT2D eigenvalue weighted by Gasteiger charge is -2.01. The molecule has 0 atom stereocenters. The van der Waals surface area contributed by atoms with Gasteiger partial charge in [-0.15, -0.1) is 0 Å². The summed E-state index contributed by atoms with van der Waals surface area (Å²) in [4.78, 5) is 0. The fourth-order valence-electron chi connectivity index (χ4n) is 2.52. The van der Waals surface area contributed by atoms with Gasteiger partial charge in [-0.3, -0.25) is 0 Å². The average Bonchev–Trinajstić information content (AvgIpc) is 2.93. The zero-order chi connectivity index (χ0) is 13.6. The SMILES string of the molecule is CCCCCCCCCCCCCC[n+]1ccsc1.[Br-]. The summed E-state index contributed by atoms with van der Waals surface area (Å²) in [6, 6.07) is 0. The molecule has 0 aromatic carbocycles. The number of hydrogen-bond acceptors (Lipinski definition) is 1. The van der Waals surface area contributed by atoms with Gasteiger partial charge in [-0.2, -0.15) is 4.57 Å². The van der Waals surface area contributed by atoms with Gasteiger partial charge in [-0.05, 0) is 6.42 Å². The lowest BCUT2D eigenvalue weighted by Crippen LogP contribution is -3.00. The Kier molecular flexibility index (Phi) is 15.6. The molecule has 0 amide bonds. The Hall–Kier alpha value is 0.110. The number of halogens is 1. The van der Waals surface area contributed by atoms with Crippen LogP contribution in [0.5, 0.6) is 0 Å². The number of hydrogen-bond donors (Lipinski definition) is 0. The minimum absolute atomic E-state index is 0. The third-order valence-electron chi connectivity index (χ3n) is 3.80. The smallest absolute Gasteiger partial charge is 0.224 e. The first-order valence-electron chi connectivity index (χ1n) is 8.34. The van der Waals surface area contributed by atoms with E-state index >= 15 is 0 Å². The summed E-state index contributed by atoms with van der Waals surface area (Å²) in [7, 11) is 0. The molecule has 0 fully saturated rings. The standard InChI is InChI=1S/C17H32NS.BrH/c1-2-3-4-5-6-7-8-9-10-11-12-13-14-18-15-16-19-17-18;/h15-17H,2-14H2,1H3;1H/q+1;/p-1. The molecule has 0 bridgehead atoms. The zero-order valence-corrected chi connectivity index (χ0v) is 15.6. The Balaban J connectivity index is 0.00000361. The Morgan fingerprint density at radius 1 is 0.750 bits per heavy atom. The second-order valence-electron chi connectivity index (χ2n) is 5.65. The molecule has 118 valence electrons. The van der Waals surface area contributed by atoms with E-state index in [4.69, 9.17) is 0 Å². The maximum atomic E-state index is 2.31. The van der Waals surface area contributed by atoms with Gasteiger partial charge in [0.2, 0.25) is 5.51 Å². The van der Waals surface area contributed by atoms with Gasteiger partial charge in [-0.25, -0.2) is 0 Å². The highest BCUT2D eigenvalue weighted by atomic mass is 79.9. The Morgan fingerprint density at radius 3 is 1.70 bits per heavy atom. The molecule has 0 aliphatic heterocycles. The average molecular weight is 362 g/mol. The van der Waals surface area contributed by atoms with E-state index in [2.05, 4.69) is 28.6 Å². The molecule has 3 heteroatoms. The van der Waals surface area contributed by atoms with Crippen LogP contribution in [0.25, 0.3) is 0 Å². The van der Waals surface area contributed by atoms with Crippen LogP contribution in [0.1, 0.15) is 84.0 Å². The van der Waals surface area contributed by atoms with E-state index in [1.165, 1.54) is 83.6 Å². The third-order valence-corrected chi connectivity index (χ3v) is 4.47. The molecule has 1 nitrogen and oxygen atoms in total. The Bertz CT molecular complexity index is 275. The van der Waals surface area contributed by atoms with Crippen LogP contribution in [0.15, 0.2) is 17.1 Å². The van der Waals surface area contributed by atoms with Gasteiger partial charge >= 0.3 is 0 Å². The molecular formula is C17H32BrNS. The minimum atomic E-state index is 0. The van der Waals surface area contributed by atoms with Gasteiger partial charge in [-0.1, -0.05) is 82.5 Å². The van der Waals surface area contributed by atoms with Crippen LogP contribution in [0.4, 0.5) is 0 Å². The summed E-state index contributed by atoms with van der Waals surface area (Å²) in [6.07, 6.45) is 19.4. The van der Waals surface area contributed by atoms with Gasteiger partial charge in [0.15, 0.2) is 6.20 Å². The van der Waals surface area contributed by atoms with Crippen molar-refractivity contribution in [1.82, 2.24) is 0 Å². The van der Waals surface area contributed by atoms with Crippen LogP contribution in [-0.2, 0) is 6.54 Å². The van der Waals surface area contributed by atoms with Gasteiger partial charge in [0, 0.05) is 6.42 Å². The monoisotopic (exact) mass is 361 g/mol. The predicted octanol–water partition coefficient (Wildman–Crippen LogP) is 2.74. The predicted molar refractivity (Wildman–Crippen MR) is 85.6 cm³/mol. The summed E-state index contributed by atoms with van der Waals surface area (Å²) >= 11 is 1.79. The molecule has 0 spiro atoms. The lowest BCUT2D eigenvalue weighted by atomic mass is 10.1. The first-order valence-corrected chi connectivity index (χ1v) is 9.29. The number of nitrogens with zero attached hydrogens (tertiary/aromatic N) is 1. The highest BCUT2D eigenvalue weighted by Gasteiger charge is 1.99. The number of rotatable bonds is 13.